The van der Waals surface area contributed by atoms with Crippen molar-refractivity contribution < 1.29 is 4.79 Å². The van der Waals surface area contributed by atoms with E-state index in [1.165, 1.54) is 44.6 Å². The minimum atomic E-state index is 0.0729. The molecule has 3 nitrogen and oxygen atoms in total. The molecule has 0 radical (unpaired) electrons. The summed E-state index contributed by atoms with van der Waals surface area (Å²) in [6.45, 7) is 13.1. The fraction of sp³-hybridized carbons (Fsp3) is 0.824. The molecule has 116 valence electrons. The number of nitrogens with zero attached hydrogens (tertiary/aromatic N) is 2. The van der Waals surface area contributed by atoms with Gasteiger partial charge in [-0.15, -0.1) is 0 Å². The van der Waals surface area contributed by atoms with E-state index < -0.39 is 0 Å². The zero-order chi connectivity index (χ0) is 15.0. The molecule has 0 aromatic rings. The van der Waals surface area contributed by atoms with Crippen molar-refractivity contribution in [2.45, 2.75) is 71.4 Å². The van der Waals surface area contributed by atoms with Crippen LogP contribution >= 0.6 is 0 Å². The first-order chi connectivity index (χ1) is 9.60. The van der Waals surface area contributed by atoms with Crippen LogP contribution in [0.5, 0.6) is 0 Å². The molecule has 1 amide bonds. The Hall–Kier alpha value is -0.830. The van der Waals surface area contributed by atoms with Gasteiger partial charge in [0, 0.05) is 31.7 Å². The van der Waals surface area contributed by atoms with E-state index in [9.17, 15) is 4.79 Å². The van der Waals surface area contributed by atoms with Crippen LogP contribution in [-0.4, -0.2) is 47.4 Å². The molecule has 0 saturated carbocycles. The van der Waals surface area contributed by atoms with Crippen LogP contribution in [0.2, 0.25) is 0 Å². The second-order valence-electron chi connectivity index (χ2n) is 6.13. The summed E-state index contributed by atoms with van der Waals surface area (Å²) in [6.07, 6.45) is 9.46. The van der Waals surface area contributed by atoms with E-state index in [1.54, 1.807) is 0 Å². The third kappa shape index (κ3) is 5.28. The Morgan fingerprint density at radius 1 is 1.30 bits per heavy atom. The minimum absolute atomic E-state index is 0.0729. The summed E-state index contributed by atoms with van der Waals surface area (Å²) >= 11 is 0. The molecule has 3 heteroatoms. The van der Waals surface area contributed by atoms with E-state index >= 15 is 0 Å². The zero-order valence-corrected chi connectivity index (χ0v) is 13.6. The summed E-state index contributed by atoms with van der Waals surface area (Å²) in [4.78, 5) is 16.1. The highest BCUT2D eigenvalue weighted by Gasteiger charge is 2.28. The average Bonchev–Trinajstić information content (AvgIpc) is 2.45. The van der Waals surface area contributed by atoms with E-state index in [0.717, 1.165) is 19.6 Å². The highest BCUT2D eigenvalue weighted by Crippen LogP contribution is 2.18. The molecule has 0 aromatic carbocycles. The van der Waals surface area contributed by atoms with Crippen LogP contribution in [0.3, 0.4) is 0 Å². The van der Waals surface area contributed by atoms with Gasteiger partial charge in [-0.05, 0) is 26.3 Å². The number of amides is 1. The van der Waals surface area contributed by atoms with Gasteiger partial charge in [0.2, 0.25) is 5.91 Å². The third-order valence-corrected chi connectivity index (χ3v) is 4.46. The normalized spacial score (nSPS) is 21.8. The van der Waals surface area contributed by atoms with E-state index in [4.69, 9.17) is 0 Å². The lowest BCUT2D eigenvalue weighted by molar-refractivity contribution is -0.129. The Kier molecular flexibility index (Phi) is 7.90. The average molecular weight is 280 g/mol. The molecule has 1 heterocycles. The monoisotopic (exact) mass is 280 g/mol. The second-order valence-corrected chi connectivity index (χ2v) is 6.13. The molecule has 1 unspecified atom stereocenters. The third-order valence-electron chi connectivity index (χ3n) is 4.46. The van der Waals surface area contributed by atoms with Crippen LogP contribution in [-0.2, 0) is 4.79 Å². The molecule has 2 atom stereocenters. The molecule has 1 fully saturated rings. The van der Waals surface area contributed by atoms with Crippen LogP contribution in [0, 0.1) is 0 Å². The lowest BCUT2D eigenvalue weighted by Gasteiger charge is -2.42. The smallest absolute Gasteiger partial charge is 0.246 e. The van der Waals surface area contributed by atoms with Crippen LogP contribution < -0.4 is 0 Å². The molecule has 1 saturated heterocycles. The number of hydrogen-bond acceptors (Lipinski definition) is 2. The molecule has 1 rings (SSSR count). The van der Waals surface area contributed by atoms with Gasteiger partial charge < -0.3 is 4.90 Å². The molecular weight excluding hydrogens is 248 g/mol. The van der Waals surface area contributed by atoms with Crippen molar-refractivity contribution in [3.8, 4) is 0 Å². The summed E-state index contributed by atoms with van der Waals surface area (Å²) < 4.78 is 0. The Morgan fingerprint density at radius 3 is 2.60 bits per heavy atom. The first-order valence-corrected chi connectivity index (χ1v) is 8.27. The van der Waals surface area contributed by atoms with E-state index in [2.05, 4.69) is 32.3 Å². The molecular formula is C17H32N2O. The van der Waals surface area contributed by atoms with Crippen molar-refractivity contribution in [1.29, 1.82) is 0 Å². The molecule has 0 spiro atoms. The Labute approximate surface area is 125 Å². The van der Waals surface area contributed by atoms with Gasteiger partial charge in [-0.25, -0.2) is 0 Å². The zero-order valence-electron chi connectivity index (χ0n) is 13.6. The maximum absolute atomic E-state index is 11.7. The SMILES string of the molecule is C=CC(=O)N1CCN(C(C)CCCCCCC)[C@@H](C)C1. The van der Waals surface area contributed by atoms with Gasteiger partial charge >= 0.3 is 0 Å². The fourth-order valence-electron chi connectivity index (χ4n) is 3.16. The fourth-order valence-corrected chi connectivity index (χ4v) is 3.16. The van der Waals surface area contributed by atoms with Gasteiger partial charge in [0.15, 0.2) is 0 Å². The number of rotatable bonds is 8. The largest absolute Gasteiger partial charge is 0.336 e. The van der Waals surface area contributed by atoms with Gasteiger partial charge in [-0.3, -0.25) is 9.69 Å². The predicted molar refractivity (Wildman–Crippen MR) is 85.8 cm³/mol. The van der Waals surface area contributed by atoms with E-state index in [0.29, 0.717) is 12.1 Å². The van der Waals surface area contributed by atoms with Crippen LogP contribution in [0.15, 0.2) is 12.7 Å². The molecule has 1 aliphatic heterocycles. The molecule has 20 heavy (non-hydrogen) atoms. The number of carbonyl (C=O) groups is 1. The maximum atomic E-state index is 11.7. The maximum Gasteiger partial charge on any atom is 0.246 e. The first kappa shape index (κ1) is 17.2. The van der Waals surface area contributed by atoms with Gasteiger partial charge in [0.05, 0.1) is 0 Å². The summed E-state index contributed by atoms with van der Waals surface area (Å²) in [5.41, 5.74) is 0. The van der Waals surface area contributed by atoms with Crippen molar-refractivity contribution in [3.05, 3.63) is 12.7 Å². The first-order valence-electron chi connectivity index (χ1n) is 8.27. The van der Waals surface area contributed by atoms with Crippen LogP contribution in [0.1, 0.15) is 59.3 Å². The van der Waals surface area contributed by atoms with Crippen molar-refractivity contribution in [1.82, 2.24) is 9.80 Å². The Morgan fingerprint density at radius 2 is 2.00 bits per heavy atom. The lowest BCUT2D eigenvalue weighted by atomic mass is 10.0. The topological polar surface area (TPSA) is 23.6 Å². The molecule has 0 bridgehead atoms. The number of piperazine rings is 1. The highest BCUT2D eigenvalue weighted by molar-refractivity contribution is 5.87. The van der Waals surface area contributed by atoms with Gasteiger partial charge in [0.1, 0.15) is 0 Å². The summed E-state index contributed by atoms with van der Waals surface area (Å²) in [5, 5.41) is 0. The second kappa shape index (κ2) is 9.17. The summed E-state index contributed by atoms with van der Waals surface area (Å²) in [7, 11) is 0. The number of carbonyl (C=O) groups excluding carboxylic acids is 1. The van der Waals surface area contributed by atoms with Crippen molar-refractivity contribution in [3.63, 3.8) is 0 Å². The molecule has 1 aliphatic rings. The quantitative estimate of drug-likeness (QED) is 0.502. The van der Waals surface area contributed by atoms with Crippen molar-refractivity contribution >= 4 is 5.91 Å². The van der Waals surface area contributed by atoms with Crippen LogP contribution in [0.25, 0.3) is 0 Å². The predicted octanol–water partition coefficient (Wildman–Crippen LogP) is 3.45. The van der Waals surface area contributed by atoms with Gasteiger partial charge in [-0.2, -0.15) is 0 Å². The van der Waals surface area contributed by atoms with Crippen molar-refractivity contribution in [2.75, 3.05) is 19.6 Å². The standard InChI is InChI=1S/C17H32N2O/c1-5-7-8-9-10-11-15(3)19-13-12-18(14-16(19)4)17(20)6-2/h6,15-16H,2,5,7-14H2,1,3-4H3/t15?,16-/m0/s1. The minimum Gasteiger partial charge on any atom is -0.336 e. The highest BCUT2D eigenvalue weighted by atomic mass is 16.2. The van der Waals surface area contributed by atoms with Gasteiger partial charge in [0.25, 0.3) is 0 Å². The molecule has 0 aromatic heterocycles. The number of unbranched alkanes of at least 4 members (excludes halogenated alkanes) is 4. The summed E-state index contributed by atoms with van der Waals surface area (Å²) in [5.74, 6) is 0.0729. The van der Waals surface area contributed by atoms with Crippen LogP contribution in [0.4, 0.5) is 0 Å². The molecule has 0 N–H and O–H groups in total. The van der Waals surface area contributed by atoms with E-state index in [-0.39, 0.29) is 5.91 Å². The Bertz CT molecular complexity index is 303. The number of hydrogen-bond donors (Lipinski definition) is 0. The lowest BCUT2D eigenvalue weighted by Crippen LogP contribution is -2.55. The molecule has 0 aliphatic carbocycles. The van der Waals surface area contributed by atoms with Gasteiger partial charge in [-0.1, -0.05) is 45.6 Å². The van der Waals surface area contributed by atoms with E-state index in [1.807, 2.05) is 4.90 Å². The Balaban J connectivity index is 2.29. The van der Waals surface area contributed by atoms with Crippen molar-refractivity contribution in [2.24, 2.45) is 0 Å². The summed E-state index contributed by atoms with van der Waals surface area (Å²) in [6, 6.07) is 1.09.